The molecule has 0 bridgehead atoms. The quantitative estimate of drug-likeness (QED) is 0.629. The summed E-state index contributed by atoms with van der Waals surface area (Å²) in [7, 11) is 0. The molecule has 2 amide bonds. The van der Waals surface area contributed by atoms with Crippen LogP contribution >= 0.6 is 11.3 Å². The number of nitrogens with zero attached hydrogens (tertiary/aromatic N) is 2. The van der Waals surface area contributed by atoms with Gasteiger partial charge >= 0.3 is 0 Å². The lowest BCUT2D eigenvalue weighted by Gasteiger charge is -2.18. The molecule has 3 N–H and O–H groups in total. The molecule has 0 saturated heterocycles. The van der Waals surface area contributed by atoms with Crippen LogP contribution in [-0.4, -0.2) is 33.4 Å². The van der Waals surface area contributed by atoms with Crippen molar-refractivity contribution < 1.29 is 14.3 Å². The molecule has 0 unspecified atom stereocenters. The van der Waals surface area contributed by atoms with Crippen LogP contribution in [0.15, 0.2) is 23.0 Å². The number of nitrogens with one attached hydrogen (secondary N) is 3. The number of thiazole rings is 1. The number of hydrogen-bond donors (Lipinski definition) is 3. The summed E-state index contributed by atoms with van der Waals surface area (Å²) in [5, 5.41) is 6.10. The van der Waals surface area contributed by atoms with Crippen LogP contribution in [0.3, 0.4) is 0 Å². The molecule has 3 aromatic rings. The van der Waals surface area contributed by atoms with Crippen molar-refractivity contribution in [1.29, 1.82) is 0 Å². The monoisotopic (exact) mass is 371 g/mol. The Morgan fingerprint density at radius 3 is 3.04 bits per heavy atom. The van der Waals surface area contributed by atoms with Crippen LogP contribution in [0, 0.1) is 6.92 Å². The first kappa shape index (κ1) is 16.2. The lowest BCUT2D eigenvalue weighted by Crippen LogP contribution is -2.28. The van der Waals surface area contributed by atoms with E-state index in [0.717, 1.165) is 5.56 Å². The summed E-state index contributed by atoms with van der Waals surface area (Å²) in [6.07, 6.45) is 0. The van der Waals surface area contributed by atoms with Gasteiger partial charge in [0.05, 0.1) is 10.7 Å². The summed E-state index contributed by atoms with van der Waals surface area (Å²) in [5.74, 6) is -0.223. The molecule has 0 spiro atoms. The van der Waals surface area contributed by atoms with Crippen LogP contribution in [-0.2, 0) is 11.3 Å². The van der Waals surface area contributed by atoms with Crippen LogP contribution in [0.25, 0.3) is 10.3 Å². The average molecular weight is 371 g/mol. The van der Waals surface area contributed by atoms with E-state index in [1.807, 2.05) is 0 Å². The van der Waals surface area contributed by atoms with Crippen molar-refractivity contribution >= 4 is 39.2 Å². The minimum Gasteiger partial charge on any atom is -0.482 e. The van der Waals surface area contributed by atoms with E-state index in [1.54, 1.807) is 25.1 Å². The average Bonchev–Trinajstić information content (AvgIpc) is 3.00. The number of benzene rings is 1. The normalized spacial score (nSPS) is 13.0. The molecule has 2 aromatic heterocycles. The van der Waals surface area contributed by atoms with Gasteiger partial charge in [0.1, 0.15) is 5.75 Å². The maximum absolute atomic E-state index is 12.3. The predicted octanol–water partition coefficient (Wildman–Crippen LogP) is 0.949. The van der Waals surface area contributed by atoms with Crippen LogP contribution in [0.1, 0.15) is 21.2 Å². The Morgan fingerprint density at radius 1 is 1.35 bits per heavy atom. The highest BCUT2D eigenvalue weighted by Crippen LogP contribution is 2.28. The minimum atomic E-state index is -0.506. The second-order valence-electron chi connectivity index (χ2n) is 5.65. The third-order valence-electron chi connectivity index (χ3n) is 3.72. The molecule has 3 heterocycles. The highest BCUT2D eigenvalue weighted by Gasteiger charge is 2.17. The zero-order valence-corrected chi connectivity index (χ0v) is 14.4. The first-order chi connectivity index (χ1) is 12.5. The SMILES string of the molecule is Cc1nc2c(=O)[nH]c(C(=O)NCc3ccc4c(c3)NC(=O)CO4)nc2s1. The topological polar surface area (TPSA) is 126 Å². The second kappa shape index (κ2) is 6.23. The number of aromatic nitrogens is 3. The molecule has 0 atom stereocenters. The molecule has 1 aromatic carbocycles. The Bertz CT molecular complexity index is 1100. The van der Waals surface area contributed by atoms with E-state index in [0.29, 0.717) is 21.3 Å². The molecule has 0 saturated carbocycles. The van der Waals surface area contributed by atoms with Gasteiger partial charge in [-0.15, -0.1) is 0 Å². The van der Waals surface area contributed by atoms with E-state index in [2.05, 4.69) is 25.6 Å². The summed E-state index contributed by atoms with van der Waals surface area (Å²) in [5.41, 5.74) is 1.11. The van der Waals surface area contributed by atoms with Crippen LogP contribution < -0.4 is 20.9 Å². The van der Waals surface area contributed by atoms with Gasteiger partial charge in [-0.25, -0.2) is 9.97 Å². The Kier molecular flexibility index (Phi) is 3.88. The summed E-state index contributed by atoms with van der Waals surface area (Å²) in [6.45, 7) is 1.96. The summed E-state index contributed by atoms with van der Waals surface area (Å²) in [4.78, 5) is 46.8. The Morgan fingerprint density at radius 2 is 2.19 bits per heavy atom. The molecule has 132 valence electrons. The van der Waals surface area contributed by atoms with E-state index in [9.17, 15) is 14.4 Å². The molecular formula is C16H13N5O4S. The highest BCUT2D eigenvalue weighted by molar-refractivity contribution is 7.18. The number of rotatable bonds is 3. The molecule has 0 radical (unpaired) electrons. The molecule has 9 nitrogen and oxygen atoms in total. The number of carbonyl (C=O) groups is 2. The number of anilines is 1. The minimum absolute atomic E-state index is 0.0123. The van der Waals surface area contributed by atoms with Gasteiger partial charge in [0.15, 0.2) is 17.0 Å². The van der Waals surface area contributed by atoms with Gasteiger partial charge in [0.2, 0.25) is 5.82 Å². The van der Waals surface area contributed by atoms with Crippen molar-refractivity contribution in [3.8, 4) is 5.75 Å². The van der Waals surface area contributed by atoms with Crippen molar-refractivity contribution in [2.45, 2.75) is 13.5 Å². The van der Waals surface area contributed by atoms with Gasteiger partial charge < -0.3 is 20.4 Å². The molecule has 1 aliphatic rings. The number of amides is 2. The fourth-order valence-corrected chi connectivity index (χ4v) is 3.34. The standard InChI is InChI=1S/C16H13N5O4S/c1-7-18-12-14(23)20-13(21-16(12)26-7)15(24)17-5-8-2-3-10-9(4-8)19-11(22)6-25-10/h2-4H,5-6H2,1H3,(H,17,24)(H,19,22)(H,20,21,23). The van der Waals surface area contributed by atoms with Crippen LogP contribution in [0.5, 0.6) is 5.75 Å². The number of ether oxygens (including phenoxy) is 1. The zero-order chi connectivity index (χ0) is 18.3. The zero-order valence-electron chi connectivity index (χ0n) is 13.6. The number of carbonyl (C=O) groups excluding carboxylic acids is 2. The highest BCUT2D eigenvalue weighted by atomic mass is 32.1. The first-order valence-electron chi connectivity index (χ1n) is 7.71. The van der Waals surface area contributed by atoms with E-state index in [1.165, 1.54) is 11.3 Å². The first-order valence-corrected chi connectivity index (χ1v) is 8.52. The molecule has 26 heavy (non-hydrogen) atoms. The summed E-state index contributed by atoms with van der Waals surface area (Å²) in [6, 6.07) is 5.23. The Labute approximate surface area is 150 Å². The van der Waals surface area contributed by atoms with Gasteiger partial charge in [-0.3, -0.25) is 14.4 Å². The molecular weight excluding hydrogens is 358 g/mol. The van der Waals surface area contributed by atoms with E-state index >= 15 is 0 Å². The smallest absolute Gasteiger partial charge is 0.287 e. The number of aromatic amines is 1. The number of fused-ring (bicyclic) bond motifs is 2. The molecule has 0 fully saturated rings. The lowest BCUT2D eigenvalue weighted by atomic mass is 10.1. The van der Waals surface area contributed by atoms with Crippen molar-refractivity contribution in [2.24, 2.45) is 0 Å². The van der Waals surface area contributed by atoms with Gasteiger partial charge in [0, 0.05) is 6.54 Å². The number of hydrogen-bond acceptors (Lipinski definition) is 7. The van der Waals surface area contributed by atoms with Gasteiger partial charge in [-0.1, -0.05) is 17.4 Å². The third-order valence-corrected chi connectivity index (χ3v) is 4.59. The number of H-pyrrole nitrogens is 1. The second-order valence-corrected chi connectivity index (χ2v) is 6.83. The van der Waals surface area contributed by atoms with Crippen molar-refractivity contribution in [3.05, 3.63) is 44.9 Å². The molecule has 0 aliphatic carbocycles. The largest absolute Gasteiger partial charge is 0.482 e. The summed E-state index contributed by atoms with van der Waals surface area (Å²) < 4.78 is 5.29. The summed E-state index contributed by atoms with van der Waals surface area (Å²) >= 11 is 1.25. The van der Waals surface area contributed by atoms with Crippen molar-refractivity contribution in [1.82, 2.24) is 20.3 Å². The maximum Gasteiger partial charge on any atom is 0.287 e. The van der Waals surface area contributed by atoms with Crippen LogP contribution in [0.4, 0.5) is 5.69 Å². The van der Waals surface area contributed by atoms with E-state index in [4.69, 9.17) is 4.74 Å². The van der Waals surface area contributed by atoms with E-state index in [-0.39, 0.29) is 30.4 Å². The molecule has 4 rings (SSSR count). The maximum atomic E-state index is 12.3. The number of aryl methyl sites for hydroxylation is 1. The van der Waals surface area contributed by atoms with Gasteiger partial charge in [-0.2, -0.15) is 0 Å². The molecule has 1 aliphatic heterocycles. The van der Waals surface area contributed by atoms with Crippen molar-refractivity contribution in [3.63, 3.8) is 0 Å². The van der Waals surface area contributed by atoms with E-state index < -0.39 is 11.5 Å². The predicted molar refractivity (Wildman–Crippen MR) is 94.5 cm³/mol. The lowest BCUT2D eigenvalue weighted by molar-refractivity contribution is -0.118. The Hall–Kier alpha value is -3.27. The van der Waals surface area contributed by atoms with Crippen molar-refractivity contribution in [2.75, 3.05) is 11.9 Å². The fraction of sp³-hybridized carbons (Fsp3) is 0.188. The third kappa shape index (κ3) is 3.02. The van der Waals surface area contributed by atoms with Gasteiger partial charge in [-0.05, 0) is 24.6 Å². The fourth-order valence-electron chi connectivity index (χ4n) is 2.55. The van der Waals surface area contributed by atoms with Gasteiger partial charge in [0.25, 0.3) is 17.4 Å². The van der Waals surface area contributed by atoms with Crippen LogP contribution in [0.2, 0.25) is 0 Å². The Balaban J connectivity index is 1.51. The molecule has 10 heteroatoms.